The lowest BCUT2D eigenvalue weighted by atomic mass is 10.00. The smallest absolute Gasteiger partial charge is 0.281 e. The van der Waals surface area contributed by atoms with Crippen molar-refractivity contribution >= 4 is 17.5 Å². The highest BCUT2D eigenvalue weighted by atomic mass is 19.3. The van der Waals surface area contributed by atoms with Crippen molar-refractivity contribution in [2.75, 3.05) is 33.4 Å². The van der Waals surface area contributed by atoms with Crippen molar-refractivity contribution in [2.24, 2.45) is 11.5 Å². The van der Waals surface area contributed by atoms with Gasteiger partial charge in [0, 0.05) is 18.7 Å². The summed E-state index contributed by atoms with van der Waals surface area (Å²) in [5.41, 5.74) is 11.6. The molecule has 2 heterocycles. The minimum absolute atomic E-state index is 0.0109. The molecule has 1 atom stereocenters. The van der Waals surface area contributed by atoms with Crippen molar-refractivity contribution in [1.29, 1.82) is 5.41 Å². The van der Waals surface area contributed by atoms with E-state index < -0.39 is 47.5 Å². The third-order valence-electron chi connectivity index (χ3n) is 6.67. The molecule has 2 amide bonds. The van der Waals surface area contributed by atoms with E-state index in [0.717, 1.165) is 6.07 Å². The highest BCUT2D eigenvalue weighted by molar-refractivity contribution is 6.26. The van der Waals surface area contributed by atoms with E-state index in [-0.39, 0.29) is 41.7 Å². The molecule has 0 bridgehead atoms. The van der Waals surface area contributed by atoms with Gasteiger partial charge in [-0.05, 0) is 23.8 Å². The lowest BCUT2D eigenvalue weighted by Crippen LogP contribution is -2.49. The third-order valence-corrected chi connectivity index (χ3v) is 6.67. The number of primary amides is 1. The average Bonchev–Trinajstić information content (AvgIpc) is 3.14. The van der Waals surface area contributed by atoms with E-state index in [1.807, 2.05) is 0 Å². The average molecular weight is 547 g/mol. The van der Waals surface area contributed by atoms with E-state index in [0.29, 0.717) is 18.8 Å². The molecule has 2 aromatic rings. The predicted molar refractivity (Wildman–Crippen MR) is 136 cm³/mol. The van der Waals surface area contributed by atoms with Crippen molar-refractivity contribution in [3.63, 3.8) is 0 Å². The summed E-state index contributed by atoms with van der Waals surface area (Å²) >= 11 is 0. The molecule has 39 heavy (non-hydrogen) atoms. The second kappa shape index (κ2) is 11.3. The van der Waals surface area contributed by atoms with E-state index in [2.05, 4.69) is 10.6 Å². The molecule has 7 N–H and O–H groups in total. The van der Waals surface area contributed by atoms with Gasteiger partial charge in [0.15, 0.2) is 0 Å². The largest absolute Gasteiger partial charge is 0.496 e. The molecule has 4 rings (SSSR count). The number of nitrogens with zero attached hydrogens (tertiary/aromatic N) is 1. The van der Waals surface area contributed by atoms with Gasteiger partial charge in [0.05, 0.1) is 44.2 Å². The van der Waals surface area contributed by atoms with Gasteiger partial charge in [-0.25, -0.2) is 13.2 Å². The summed E-state index contributed by atoms with van der Waals surface area (Å²) in [6.45, 7) is 0.351. The third kappa shape index (κ3) is 6.15. The molecule has 208 valence electrons. The first-order valence-corrected chi connectivity index (χ1v) is 12.1. The fourth-order valence-corrected chi connectivity index (χ4v) is 4.40. The Labute approximate surface area is 222 Å². The van der Waals surface area contributed by atoms with Crippen LogP contribution in [0.5, 0.6) is 5.75 Å². The van der Waals surface area contributed by atoms with Crippen molar-refractivity contribution in [1.82, 2.24) is 15.5 Å². The van der Waals surface area contributed by atoms with Gasteiger partial charge < -0.3 is 31.6 Å². The van der Waals surface area contributed by atoms with E-state index in [1.165, 1.54) is 31.4 Å². The second-order valence-electron chi connectivity index (χ2n) is 9.33. The molecule has 0 saturated carbocycles. The Hall–Kier alpha value is -4.10. The summed E-state index contributed by atoms with van der Waals surface area (Å²) in [7, 11) is 1.37. The number of halogens is 3. The normalized spacial score (nSPS) is 19.5. The summed E-state index contributed by atoms with van der Waals surface area (Å²) in [6, 6.07) is 8.33. The number of benzene rings is 2. The number of alkyl halides is 2. The van der Waals surface area contributed by atoms with Gasteiger partial charge in [-0.15, -0.1) is 0 Å². The quantitative estimate of drug-likeness (QED) is 0.221. The van der Waals surface area contributed by atoms with Crippen LogP contribution in [-0.4, -0.2) is 73.8 Å². The highest BCUT2D eigenvalue weighted by Gasteiger charge is 2.51. The summed E-state index contributed by atoms with van der Waals surface area (Å²) in [6.07, 6.45) is 0. The number of nitrogens with one attached hydrogen (secondary N) is 3. The molecule has 2 aliphatic heterocycles. The van der Waals surface area contributed by atoms with E-state index in [9.17, 15) is 22.8 Å². The van der Waals surface area contributed by atoms with Crippen LogP contribution in [0.25, 0.3) is 0 Å². The molecule has 2 saturated heterocycles. The first kappa shape index (κ1) is 27.9. The Morgan fingerprint density at radius 3 is 2.46 bits per heavy atom. The number of methoxy groups -OCH3 is 1. The summed E-state index contributed by atoms with van der Waals surface area (Å²) < 4.78 is 53.0. The maximum Gasteiger partial charge on any atom is 0.281 e. The topological polar surface area (TPSA) is 156 Å². The first-order chi connectivity index (χ1) is 18.5. The monoisotopic (exact) mass is 546 g/mol. The number of rotatable bonds is 10. The van der Waals surface area contributed by atoms with Crippen LogP contribution < -0.4 is 26.8 Å². The SMILES string of the molecule is COc1ccc(F)cc1C(=O)NCc1ccc(C(=N)/C(C(N)=O)=C(/N)NC2CN(C3COC3)CC2(F)F)cc1. The zero-order valence-electron chi connectivity index (χ0n) is 21.1. The molecule has 0 radical (unpaired) electrons. The number of carbonyl (C=O) groups excluding carboxylic acids is 2. The second-order valence-corrected chi connectivity index (χ2v) is 9.33. The van der Waals surface area contributed by atoms with Crippen LogP contribution in [0.2, 0.25) is 0 Å². The molecule has 2 fully saturated rings. The van der Waals surface area contributed by atoms with E-state index >= 15 is 0 Å². The number of likely N-dealkylation sites (tertiary alicyclic amines) is 1. The van der Waals surface area contributed by atoms with Crippen LogP contribution in [0.15, 0.2) is 53.9 Å². The molecule has 1 unspecified atom stereocenters. The van der Waals surface area contributed by atoms with Gasteiger partial charge in [-0.2, -0.15) is 0 Å². The van der Waals surface area contributed by atoms with Gasteiger partial charge in [-0.3, -0.25) is 19.9 Å². The van der Waals surface area contributed by atoms with Crippen LogP contribution in [0.1, 0.15) is 21.5 Å². The molecule has 0 aromatic heterocycles. The Bertz CT molecular complexity index is 1300. The summed E-state index contributed by atoms with van der Waals surface area (Å²) in [5, 5.41) is 13.6. The van der Waals surface area contributed by atoms with Crippen LogP contribution in [-0.2, 0) is 16.1 Å². The predicted octanol–water partition coefficient (Wildman–Crippen LogP) is 1.10. The van der Waals surface area contributed by atoms with Crippen molar-refractivity contribution in [3.8, 4) is 5.75 Å². The molecule has 2 aromatic carbocycles. The molecule has 2 aliphatic rings. The fourth-order valence-electron chi connectivity index (χ4n) is 4.40. The molecular formula is C26H29F3N6O4. The van der Waals surface area contributed by atoms with Gasteiger partial charge in [0.2, 0.25) is 0 Å². The van der Waals surface area contributed by atoms with Gasteiger partial charge in [0.1, 0.15) is 29.0 Å². The standard InChI is InChI=1S/C26H29F3N6O4/c1-38-19-7-6-16(27)8-18(19)25(37)33-9-14-2-4-15(5-3-14)22(30)21(24(32)36)23(31)34-20-10-35(13-26(20,28)29)17-11-39-12-17/h2-8,17,20,30,34H,9-13,31H2,1H3,(H2,32,36)(H,33,37)/b23-21+,30-22?. The highest BCUT2D eigenvalue weighted by Crippen LogP contribution is 2.31. The van der Waals surface area contributed by atoms with Gasteiger partial charge in [0.25, 0.3) is 17.7 Å². The van der Waals surface area contributed by atoms with Crippen LogP contribution in [0, 0.1) is 11.2 Å². The van der Waals surface area contributed by atoms with Crippen molar-refractivity contribution < 1.29 is 32.2 Å². The lowest BCUT2D eigenvalue weighted by molar-refractivity contribution is -0.114. The van der Waals surface area contributed by atoms with E-state index in [4.69, 9.17) is 26.4 Å². The zero-order valence-corrected chi connectivity index (χ0v) is 21.1. The molecule has 10 nitrogen and oxygen atoms in total. The minimum Gasteiger partial charge on any atom is -0.496 e. The summed E-state index contributed by atoms with van der Waals surface area (Å²) in [4.78, 5) is 26.3. The molecule has 13 heteroatoms. The van der Waals surface area contributed by atoms with Crippen molar-refractivity contribution in [3.05, 3.63) is 76.4 Å². The van der Waals surface area contributed by atoms with Crippen LogP contribution in [0.4, 0.5) is 13.2 Å². The maximum atomic E-state index is 14.6. The number of carbonyl (C=O) groups is 2. The molecular weight excluding hydrogens is 517 g/mol. The number of ether oxygens (including phenoxy) is 2. The minimum atomic E-state index is -3.12. The Kier molecular flexibility index (Phi) is 8.11. The van der Waals surface area contributed by atoms with Crippen LogP contribution >= 0.6 is 0 Å². The number of nitrogens with two attached hydrogens (primary N) is 2. The van der Waals surface area contributed by atoms with Crippen LogP contribution in [0.3, 0.4) is 0 Å². The van der Waals surface area contributed by atoms with Gasteiger partial charge >= 0.3 is 0 Å². The van der Waals surface area contributed by atoms with E-state index in [1.54, 1.807) is 17.0 Å². The maximum absolute atomic E-state index is 14.6. The van der Waals surface area contributed by atoms with Crippen molar-refractivity contribution in [2.45, 2.75) is 24.6 Å². The van der Waals surface area contributed by atoms with Gasteiger partial charge in [-0.1, -0.05) is 24.3 Å². The zero-order chi connectivity index (χ0) is 28.3. The fraction of sp³-hybridized carbons (Fsp3) is 0.346. The Balaban J connectivity index is 1.43. The molecule has 0 spiro atoms. The summed E-state index contributed by atoms with van der Waals surface area (Å²) in [5.74, 6) is -5.49. The number of hydrogen-bond donors (Lipinski definition) is 5. The first-order valence-electron chi connectivity index (χ1n) is 12.1. The number of hydrogen-bond acceptors (Lipinski definition) is 8. The Morgan fingerprint density at radius 2 is 1.87 bits per heavy atom. The molecule has 0 aliphatic carbocycles. The number of amides is 2. The Morgan fingerprint density at radius 1 is 1.18 bits per heavy atom. The lowest BCUT2D eigenvalue weighted by Gasteiger charge is -2.34.